The molecule has 0 spiro atoms. The fraction of sp³-hybridized carbons (Fsp3) is 0.533. The Labute approximate surface area is 115 Å². The minimum absolute atomic E-state index is 0.109. The summed E-state index contributed by atoms with van der Waals surface area (Å²) in [5.41, 5.74) is 5.48. The van der Waals surface area contributed by atoms with Gasteiger partial charge in [0, 0.05) is 6.20 Å². The summed E-state index contributed by atoms with van der Waals surface area (Å²) >= 11 is 0. The number of ether oxygens (including phenoxy) is 1. The summed E-state index contributed by atoms with van der Waals surface area (Å²) in [5.74, 6) is 6.50. The molecule has 0 amide bonds. The first-order valence-electron chi connectivity index (χ1n) is 7.05. The summed E-state index contributed by atoms with van der Waals surface area (Å²) in [7, 11) is 0. The lowest BCUT2D eigenvalue weighted by Crippen LogP contribution is -2.28. The van der Waals surface area contributed by atoms with Crippen LogP contribution in [0.1, 0.15) is 50.6 Å². The fourth-order valence-electron chi connectivity index (χ4n) is 2.50. The topological polar surface area (TPSA) is 60.2 Å². The van der Waals surface area contributed by atoms with Crippen LogP contribution in [-0.4, -0.2) is 11.6 Å². The highest BCUT2D eigenvalue weighted by Gasteiger charge is 2.14. The molecule has 104 valence electrons. The Morgan fingerprint density at radius 3 is 3.00 bits per heavy atom. The zero-order valence-corrected chi connectivity index (χ0v) is 11.6. The third-order valence-electron chi connectivity index (χ3n) is 3.50. The third kappa shape index (κ3) is 4.04. The predicted octanol–water partition coefficient (Wildman–Crippen LogP) is 2.88. The van der Waals surface area contributed by atoms with E-state index in [1.807, 2.05) is 19.2 Å². The van der Waals surface area contributed by atoms with Crippen LogP contribution in [0.3, 0.4) is 0 Å². The molecule has 1 aliphatic carbocycles. The van der Waals surface area contributed by atoms with Crippen molar-refractivity contribution in [1.29, 1.82) is 0 Å². The SMILES string of the molecule is CCOc1cncc(C(CC2=CCCCC2)NN)c1. The van der Waals surface area contributed by atoms with Crippen LogP contribution in [0.25, 0.3) is 0 Å². The number of nitrogens with two attached hydrogens (primary N) is 1. The molecule has 3 N–H and O–H groups in total. The van der Waals surface area contributed by atoms with E-state index in [1.54, 1.807) is 6.20 Å². The molecule has 1 unspecified atom stereocenters. The van der Waals surface area contributed by atoms with Crippen LogP contribution in [0.5, 0.6) is 5.75 Å². The molecule has 1 aliphatic rings. The van der Waals surface area contributed by atoms with Gasteiger partial charge in [0.25, 0.3) is 0 Å². The van der Waals surface area contributed by atoms with E-state index in [0.29, 0.717) is 6.61 Å². The largest absolute Gasteiger partial charge is 0.492 e. The molecule has 0 radical (unpaired) electrons. The molecule has 1 heterocycles. The van der Waals surface area contributed by atoms with E-state index in [9.17, 15) is 0 Å². The van der Waals surface area contributed by atoms with Crippen LogP contribution in [0, 0.1) is 0 Å². The summed E-state index contributed by atoms with van der Waals surface area (Å²) in [4.78, 5) is 4.23. The van der Waals surface area contributed by atoms with E-state index in [0.717, 1.165) is 17.7 Å². The van der Waals surface area contributed by atoms with Crippen molar-refractivity contribution >= 4 is 0 Å². The molecule has 1 atom stereocenters. The molecule has 0 saturated heterocycles. The van der Waals surface area contributed by atoms with E-state index in [-0.39, 0.29) is 6.04 Å². The van der Waals surface area contributed by atoms with Crippen molar-refractivity contribution in [2.45, 2.75) is 45.1 Å². The quantitative estimate of drug-likeness (QED) is 0.469. The molecule has 0 fully saturated rings. The van der Waals surface area contributed by atoms with E-state index >= 15 is 0 Å². The number of rotatable bonds is 6. The molecular formula is C15H23N3O. The van der Waals surface area contributed by atoms with E-state index in [2.05, 4.69) is 16.5 Å². The lowest BCUT2D eigenvalue weighted by Gasteiger charge is -2.20. The first kappa shape index (κ1) is 14.0. The molecule has 19 heavy (non-hydrogen) atoms. The minimum Gasteiger partial charge on any atom is -0.492 e. The Balaban J connectivity index is 2.07. The van der Waals surface area contributed by atoms with Gasteiger partial charge >= 0.3 is 0 Å². The predicted molar refractivity (Wildman–Crippen MR) is 76.6 cm³/mol. The number of nitrogens with zero attached hydrogens (tertiary/aromatic N) is 1. The number of hydrogen-bond donors (Lipinski definition) is 2. The number of hydrogen-bond acceptors (Lipinski definition) is 4. The Bertz CT molecular complexity index is 431. The fourth-order valence-corrected chi connectivity index (χ4v) is 2.50. The molecule has 2 rings (SSSR count). The second kappa shape index (κ2) is 7.26. The number of hydrazine groups is 1. The van der Waals surface area contributed by atoms with Gasteiger partial charge in [-0.25, -0.2) is 0 Å². The van der Waals surface area contributed by atoms with Gasteiger partial charge < -0.3 is 4.74 Å². The van der Waals surface area contributed by atoms with Crippen molar-refractivity contribution < 1.29 is 4.74 Å². The second-order valence-electron chi connectivity index (χ2n) is 4.92. The lowest BCUT2D eigenvalue weighted by atomic mass is 9.92. The summed E-state index contributed by atoms with van der Waals surface area (Å²) in [6, 6.07) is 2.13. The number of pyridine rings is 1. The van der Waals surface area contributed by atoms with Gasteiger partial charge in [-0.05, 0) is 50.7 Å². The smallest absolute Gasteiger partial charge is 0.137 e. The van der Waals surface area contributed by atoms with Crippen molar-refractivity contribution in [3.63, 3.8) is 0 Å². The average molecular weight is 261 g/mol. The van der Waals surface area contributed by atoms with Gasteiger partial charge in [-0.1, -0.05) is 11.6 Å². The molecular weight excluding hydrogens is 238 g/mol. The van der Waals surface area contributed by atoms with Gasteiger partial charge in [-0.15, -0.1) is 0 Å². The Hall–Kier alpha value is -1.39. The van der Waals surface area contributed by atoms with Gasteiger partial charge in [0.2, 0.25) is 0 Å². The van der Waals surface area contributed by atoms with Crippen LogP contribution in [-0.2, 0) is 0 Å². The van der Waals surface area contributed by atoms with E-state index < -0.39 is 0 Å². The molecule has 4 nitrogen and oxygen atoms in total. The molecule has 1 aromatic heterocycles. The Morgan fingerprint density at radius 1 is 1.42 bits per heavy atom. The first-order valence-corrected chi connectivity index (χ1v) is 7.05. The zero-order valence-electron chi connectivity index (χ0n) is 11.6. The highest BCUT2D eigenvalue weighted by Crippen LogP contribution is 2.28. The first-order chi connectivity index (χ1) is 9.33. The van der Waals surface area contributed by atoms with Gasteiger partial charge in [-0.3, -0.25) is 16.3 Å². The van der Waals surface area contributed by atoms with Gasteiger partial charge in [-0.2, -0.15) is 0 Å². The average Bonchev–Trinajstić information content (AvgIpc) is 2.46. The Morgan fingerprint density at radius 2 is 2.32 bits per heavy atom. The van der Waals surface area contributed by atoms with Gasteiger partial charge in [0.1, 0.15) is 5.75 Å². The number of aromatic nitrogens is 1. The number of allylic oxidation sites excluding steroid dienone is 1. The maximum absolute atomic E-state index is 5.70. The minimum atomic E-state index is 0.109. The standard InChI is InChI=1S/C15H23N3O/c1-2-19-14-9-13(10-17-11-14)15(18-16)8-12-6-4-3-5-7-12/h6,9-11,15,18H,2-5,7-8,16H2,1H3. The van der Waals surface area contributed by atoms with Gasteiger partial charge in [0.15, 0.2) is 0 Å². The van der Waals surface area contributed by atoms with Crippen molar-refractivity contribution in [2.75, 3.05) is 6.61 Å². The highest BCUT2D eigenvalue weighted by molar-refractivity contribution is 5.27. The van der Waals surface area contributed by atoms with E-state index in [4.69, 9.17) is 10.6 Å². The van der Waals surface area contributed by atoms with Crippen LogP contribution < -0.4 is 16.0 Å². The summed E-state index contributed by atoms with van der Waals surface area (Å²) in [6.07, 6.45) is 11.9. The van der Waals surface area contributed by atoms with Crippen molar-refractivity contribution in [2.24, 2.45) is 5.84 Å². The highest BCUT2D eigenvalue weighted by atomic mass is 16.5. The van der Waals surface area contributed by atoms with Gasteiger partial charge in [0.05, 0.1) is 18.8 Å². The van der Waals surface area contributed by atoms with Crippen LogP contribution >= 0.6 is 0 Å². The maximum atomic E-state index is 5.70. The molecule has 0 aromatic carbocycles. The number of nitrogens with one attached hydrogen (secondary N) is 1. The zero-order chi connectivity index (χ0) is 13.5. The maximum Gasteiger partial charge on any atom is 0.137 e. The Kier molecular flexibility index (Phi) is 5.36. The van der Waals surface area contributed by atoms with Crippen molar-refractivity contribution in [3.8, 4) is 5.75 Å². The molecule has 4 heteroatoms. The summed E-state index contributed by atoms with van der Waals surface area (Å²) in [6.45, 7) is 2.62. The summed E-state index contributed by atoms with van der Waals surface area (Å²) in [5, 5.41) is 0. The van der Waals surface area contributed by atoms with Crippen LogP contribution in [0.2, 0.25) is 0 Å². The monoisotopic (exact) mass is 261 g/mol. The van der Waals surface area contributed by atoms with Crippen LogP contribution in [0.15, 0.2) is 30.1 Å². The molecule has 1 aromatic rings. The van der Waals surface area contributed by atoms with Crippen molar-refractivity contribution in [3.05, 3.63) is 35.7 Å². The van der Waals surface area contributed by atoms with E-state index in [1.165, 1.54) is 31.3 Å². The normalized spacial score (nSPS) is 16.8. The van der Waals surface area contributed by atoms with Crippen molar-refractivity contribution in [1.82, 2.24) is 10.4 Å². The van der Waals surface area contributed by atoms with Crippen LogP contribution in [0.4, 0.5) is 0 Å². The molecule has 0 bridgehead atoms. The third-order valence-corrected chi connectivity index (χ3v) is 3.50. The molecule has 0 saturated carbocycles. The lowest BCUT2D eigenvalue weighted by molar-refractivity contribution is 0.337. The summed E-state index contributed by atoms with van der Waals surface area (Å²) < 4.78 is 5.49. The molecule has 0 aliphatic heterocycles. The second-order valence-corrected chi connectivity index (χ2v) is 4.92.